The molecule has 0 aliphatic heterocycles. The molecule has 0 aromatic heterocycles. The number of carbonyl (C=O) groups excluding carboxylic acids is 1. The van der Waals surface area contributed by atoms with Gasteiger partial charge in [-0.25, -0.2) is 9.59 Å². The first-order valence-electron chi connectivity index (χ1n) is 9.43. The number of nitrogens with two attached hydrogens (primary N) is 1. The van der Waals surface area contributed by atoms with E-state index < -0.39 is 30.1 Å². The molecule has 0 aliphatic carbocycles. The molecule has 5 N–H and O–H groups in total. The molecule has 0 saturated carbocycles. The monoisotopic (exact) mass is 416 g/mol. The molecule has 0 unspecified atom stereocenters. The molecule has 0 fully saturated rings. The summed E-state index contributed by atoms with van der Waals surface area (Å²) in [6, 6.07) is 16.6. The number of amides is 1. The standard InChI is InChI=1S/C17H17NO4.C5H11NO2/c19-16(20)15(11-13-7-3-1-4-8-13)18-17(21)22-12-14-9-5-2-6-10-14;1-3(2)4(6)5(7)8/h1-10,15H,11-12H2,(H,18,21)(H,19,20);3-4H,6H2,1-2H3,(H,7,8)/t15-;4-/m00/s1. The topological polar surface area (TPSA) is 139 Å². The van der Waals surface area contributed by atoms with Crippen molar-refractivity contribution in [2.24, 2.45) is 11.7 Å². The fourth-order valence-electron chi connectivity index (χ4n) is 2.24. The van der Waals surface area contributed by atoms with Crippen LogP contribution in [-0.2, 0) is 27.4 Å². The number of alkyl carbamates (subject to hydrolysis) is 1. The molecule has 2 atom stereocenters. The number of hydrogen-bond acceptors (Lipinski definition) is 5. The average molecular weight is 416 g/mol. The van der Waals surface area contributed by atoms with Gasteiger partial charge in [-0.1, -0.05) is 74.5 Å². The Balaban J connectivity index is 0.000000479. The normalized spacial score (nSPS) is 12.1. The Hall–Kier alpha value is -3.39. The highest BCUT2D eigenvalue weighted by Gasteiger charge is 2.21. The summed E-state index contributed by atoms with van der Waals surface area (Å²) in [4.78, 5) is 33.0. The summed E-state index contributed by atoms with van der Waals surface area (Å²) in [6.45, 7) is 3.65. The lowest BCUT2D eigenvalue weighted by atomic mass is 10.1. The van der Waals surface area contributed by atoms with Crippen molar-refractivity contribution in [1.29, 1.82) is 0 Å². The van der Waals surface area contributed by atoms with Crippen molar-refractivity contribution in [1.82, 2.24) is 5.32 Å². The van der Waals surface area contributed by atoms with Crippen LogP contribution in [0.15, 0.2) is 60.7 Å². The molecule has 0 radical (unpaired) electrons. The largest absolute Gasteiger partial charge is 0.480 e. The van der Waals surface area contributed by atoms with E-state index in [1.807, 2.05) is 60.7 Å². The highest BCUT2D eigenvalue weighted by molar-refractivity contribution is 5.80. The number of benzene rings is 2. The predicted molar refractivity (Wildman–Crippen MR) is 112 cm³/mol. The molecule has 30 heavy (non-hydrogen) atoms. The van der Waals surface area contributed by atoms with Crippen molar-refractivity contribution in [3.63, 3.8) is 0 Å². The molecule has 2 aromatic rings. The van der Waals surface area contributed by atoms with Crippen LogP contribution in [0.4, 0.5) is 4.79 Å². The van der Waals surface area contributed by atoms with Crippen molar-refractivity contribution in [2.75, 3.05) is 0 Å². The lowest BCUT2D eigenvalue weighted by Gasteiger charge is -2.14. The van der Waals surface area contributed by atoms with Gasteiger partial charge in [0.25, 0.3) is 0 Å². The molecule has 2 rings (SSSR count). The van der Waals surface area contributed by atoms with E-state index in [0.29, 0.717) is 0 Å². The number of aliphatic carboxylic acids is 2. The minimum absolute atomic E-state index is 0.0208. The highest BCUT2D eigenvalue weighted by atomic mass is 16.5. The highest BCUT2D eigenvalue weighted by Crippen LogP contribution is 2.05. The van der Waals surface area contributed by atoms with E-state index in [1.165, 1.54) is 0 Å². The Morgan fingerprint density at radius 2 is 1.40 bits per heavy atom. The fraction of sp³-hybridized carbons (Fsp3) is 0.318. The van der Waals surface area contributed by atoms with Gasteiger partial charge in [0.2, 0.25) is 0 Å². The Morgan fingerprint density at radius 3 is 1.80 bits per heavy atom. The summed E-state index contributed by atoms with van der Waals surface area (Å²) in [6.07, 6.45) is -0.538. The number of rotatable bonds is 8. The maximum Gasteiger partial charge on any atom is 0.408 e. The summed E-state index contributed by atoms with van der Waals surface area (Å²) < 4.78 is 5.03. The minimum Gasteiger partial charge on any atom is -0.480 e. The lowest BCUT2D eigenvalue weighted by molar-refractivity contribution is -0.140. The van der Waals surface area contributed by atoms with E-state index in [1.54, 1.807) is 13.8 Å². The van der Waals surface area contributed by atoms with Gasteiger partial charge < -0.3 is 26.0 Å². The zero-order valence-electron chi connectivity index (χ0n) is 17.0. The van der Waals surface area contributed by atoms with Gasteiger partial charge in [-0.15, -0.1) is 0 Å². The summed E-state index contributed by atoms with van der Waals surface area (Å²) >= 11 is 0. The van der Waals surface area contributed by atoms with E-state index in [0.717, 1.165) is 11.1 Å². The van der Waals surface area contributed by atoms with Crippen LogP contribution in [0.2, 0.25) is 0 Å². The number of ether oxygens (including phenoxy) is 1. The number of carboxylic acid groups (broad SMARTS) is 2. The van der Waals surface area contributed by atoms with Crippen LogP contribution in [0.25, 0.3) is 0 Å². The molecular weight excluding hydrogens is 388 g/mol. The third-order valence-electron chi connectivity index (χ3n) is 4.09. The van der Waals surface area contributed by atoms with E-state index in [9.17, 15) is 19.5 Å². The van der Waals surface area contributed by atoms with Crippen molar-refractivity contribution in [3.8, 4) is 0 Å². The minimum atomic E-state index is -1.10. The van der Waals surface area contributed by atoms with Crippen LogP contribution in [0.3, 0.4) is 0 Å². The van der Waals surface area contributed by atoms with Crippen LogP contribution in [0.1, 0.15) is 25.0 Å². The molecule has 8 heteroatoms. The Morgan fingerprint density at radius 1 is 0.900 bits per heavy atom. The molecule has 0 spiro atoms. The zero-order chi connectivity index (χ0) is 22.5. The Bertz CT molecular complexity index is 796. The summed E-state index contributed by atoms with van der Waals surface area (Å²) in [5.74, 6) is -2.01. The molecule has 0 saturated heterocycles. The van der Waals surface area contributed by atoms with Gasteiger partial charge in [-0.2, -0.15) is 0 Å². The van der Waals surface area contributed by atoms with Crippen molar-refractivity contribution in [2.45, 2.75) is 39.0 Å². The second-order valence-corrected chi connectivity index (χ2v) is 6.89. The predicted octanol–water partition coefficient (Wildman–Crippen LogP) is 2.66. The first-order chi connectivity index (χ1) is 14.2. The summed E-state index contributed by atoms with van der Waals surface area (Å²) in [7, 11) is 0. The van der Waals surface area contributed by atoms with Crippen molar-refractivity contribution >= 4 is 18.0 Å². The van der Waals surface area contributed by atoms with Gasteiger partial charge in [0.05, 0.1) is 0 Å². The molecule has 0 bridgehead atoms. The fourth-order valence-corrected chi connectivity index (χ4v) is 2.24. The van der Waals surface area contributed by atoms with E-state index in [2.05, 4.69) is 5.32 Å². The molecule has 1 amide bonds. The van der Waals surface area contributed by atoms with Gasteiger partial charge in [0.1, 0.15) is 18.7 Å². The quantitative estimate of drug-likeness (QED) is 0.519. The van der Waals surface area contributed by atoms with E-state index >= 15 is 0 Å². The molecule has 162 valence electrons. The maximum atomic E-state index is 11.7. The van der Waals surface area contributed by atoms with Crippen molar-refractivity contribution < 1.29 is 29.3 Å². The third-order valence-corrected chi connectivity index (χ3v) is 4.09. The van der Waals surface area contributed by atoms with Gasteiger partial charge >= 0.3 is 18.0 Å². The second-order valence-electron chi connectivity index (χ2n) is 6.89. The number of carbonyl (C=O) groups is 3. The number of nitrogens with one attached hydrogen (secondary N) is 1. The van der Waals surface area contributed by atoms with Crippen molar-refractivity contribution in [3.05, 3.63) is 71.8 Å². The first kappa shape index (κ1) is 24.6. The molecule has 0 heterocycles. The van der Waals surface area contributed by atoms with E-state index in [-0.39, 0.29) is 18.9 Å². The van der Waals surface area contributed by atoms with Crippen LogP contribution < -0.4 is 11.1 Å². The number of hydrogen-bond donors (Lipinski definition) is 4. The summed E-state index contributed by atoms with van der Waals surface area (Å²) in [5, 5.41) is 19.8. The molecule has 8 nitrogen and oxygen atoms in total. The van der Waals surface area contributed by atoms with Crippen LogP contribution in [0, 0.1) is 5.92 Å². The zero-order valence-corrected chi connectivity index (χ0v) is 17.0. The average Bonchev–Trinajstić information content (AvgIpc) is 2.73. The van der Waals surface area contributed by atoms with Crippen LogP contribution in [-0.4, -0.2) is 40.3 Å². The Labute approximate surface area is 175 Å². The smallest absolute Gasteiger partial charge is 0.408 e. The second kappa shape index (κ2) is 12.9. The van der Waals surface area contributed by atoms with Gasteiger partial charge in [0, 0.05) is 6.42 Å². The SMILES string of the molecule is CC(C)[C@H](N)C(=O)O.O=C(N[C@@H](Cc1ccccc1)C(=O)O)OCc1ccccc1. The lowest BCUT2D eigenvalue weighted by Crippen LogP contribution is -2.42. The van der Waals surface area contributed by atoms with Gasteiger partial charge in [-0.05, 0) is 17.0 Å². The van der Waals surface area contributed by atoms with Crippen LogP contribution in [0.5, 0.6) is 0 Å². The third kappa shape index (κ3) is 9.70. The molecule has 2 aromatic carbocycles. The van der Waals surface area contributed by atoms with E-state index in [4.69, 9.17) is 15.6 Å². The van der Waals surface area contributed by atoms with Gasteiger partial charge in [-0.3, -0.25) is 4.79 Å². The molecule has 0 aliphatic rings. The molecular formula is C22H28N2O6. The summed E-state index contributed by atoms with van der Waals surface area (Å²) in [5.41, 5.74) is 6.83. The first-order valence-corrected chi connectivity index (χ1v) is 9.43. The van der Waals surface area contributed by atoms with Crippen LogP contribution >= 0.6 is 0 Å². The van der Waals surface area contributed by atoms with Gasteiger partial charge in [0.15, 0.2) is 0 Å². The Kier molecular flexibility index (Phi) is 10.6. The maximum absolute atomic E-state index is 11.7. The number of carboxylic acids is 2.